The first kappa shape index (κ1) is 13.0. The zero-order valence-electron chi connectivity index (χ0n) is 11.5. The second-order valence-corrected chi connectivity index (χ2v) is 6.90. The Hall–Kier alpha value is -1.01. The summed E-state index contributed by atoms with van der Waals surface area (Å²) < 4.78 is 1.93. The molecular weight excluding hydrogens is 258 g/mol. The van der Waals surface area contributed by atoms with Gasteiger partial charge in [0.25, 0.3) is 0 Å². The van der Waals surface area contributed by atoms with Crippen molar-refractivity contribution in [2.24, 2.45) is 11.7 Å². The zero-order chi connectivity index (χ0) is 13.4. The molecule has 3 rings (SSSR count). The molecule has 0 saturated heterocycles. The fraction of sp³-hybridized carbons (Fsp3) is 0.769. The lowest BCUT2D eigenvalue weighted by atomic mass is 10.1. The van der Waals surface area contributed by atoms with Gasteiger partial charge in [-0.1, -0.05) is 38.0 Å². The van der Waals surface area contributed by atoms with Crippen molar-refractivity contribution in [2.45, 2.75) is 57.9 Å². The molecule has 1 fully saturated rings. The highest BCUT2D eigenvalue weighted by molar-refractivity contribution is 7.16. The van der Waals surface area contributed by atoms with E-state index in [0.717, 1.165) is 22.2 Å². The maximum Gasteiger partial charge on any atom is 0.234 e. The van der Waals surface area contributed by atoms with Crippen molar-refractivity contribution in [3.8, 4) is 0 Å². The van der Waals surface area contributed by atoms with Gasteiger partial charge < -0.3 is 5.73 Å². The van der Waals surface area contributed by atoms with E-state index >= 15 is 0 Å². The molecule has 2 N–H and O–H groups in total. The maximum atomic E-state index is 6.21. The molecule has 0 aliphatic heterocycles. The highest BCUT2D eigenvalue weighted by Gasteiger charge is 2.25. The first-order valence-corrected chi connectivity index (χ1v) is 7.94. The van der Waals surface area contributed by atoms with Crippen LogP contribution in [0.25, 0.3) is 4.96 Å². The predicted molar refractivity (Wildman–Crippen MR) is 76.3 cm³/mol. The van der Waals surface area contributed by atoms with Crippen LogP contribution in [0, 0.1) is 5.92 Å². The number of nitrogens with zero attached hydrogens (tertiary/aromatic N) is 4. The summed E-state index contributed by atoms with van der Waals surface area (Å²) in [5.74, 6) is 2.15. The van der Waals surface area contributed by atoms with Crippen molar-refractivity contribution >= 4 is 16.3 Å². The van der Waals surface area contributed by atoms with Crippen molar-refractivity contribution in [1.82, 2.24) is 19.8 Å². The minimum atomic E-state index is 0.0168. The fourth-order valence-corrected chi connectivity index (χ4v) is 3.70. The quantitative estimate of drug-likeness (QED) is 0.934. The van der Waals surface area contributed by atoms with Gasteiger partial charge in [0.15, 0.2) is 5.82 Å². The second kappa shape index (κ2) is 5.17. The topological polar surface area (TPSA) is 69.1 Å². The van der Waals surface area contributed by atoms with Gasteiger partial charge in [-0.05, 0) is 25.2 Å². The summed E-state index contributed by atoms with van der Waals surface area (Å²) >= 11 is 1.58. The zero-order valence-corrected chi connectivity index (χ0v) is 12.4. The molecule has 2 heterocycles. The average molecular weight is 279 g/mol. The fourth-order valence-electron chi connectivity index (χ4n) is 2.84. The van der Waals surface area contributed by atoms with E-state index in [1.807, 2.05) is 4.52 Å². The number of hydrogen-bond donors (Lipinski definition) is 1. The standard InChI is InChI=1S/C13H21N5S/c1-8(2)7-10(14)12-17-18-11(9-5-3-4-6-9)15-16-13(18)19-12/h8-10H,3-7,14H2,1-2H3. The van der Waals surface area contributed by atoms with Crippen LogP contribution in [-0.2, 0) is 0 Å². The summed E-state index contributed by atoms with van der Waals surface area (Å²) in [6, 6.07) is 0.0168. The minimum Gasteiger partial charge on any atom is -0.322 e. The molecule has 5 nitrogen and oxygen atoms in total. The molecule has 1 unspecified atom stereocenters. The predicted octanol–water partition coefficient (Wildman–Crippen LogP) is 2.89. The Morgan fingerprint density at radius 1 is 1.32 bits per heavy atom. The van der Waals surface area contributed by atoms with Gasteiger partial charge in [-0.25, -0.2) is 0 Å². The van der Waals surface area contributed by atoms with E-state index in [2.05, 4.69) is 29.1 Å². The molecule has 2 aromatic heterocycles. The summed E-state index contributed by atoms with van der Waals surface area (Å²) in [7, 11) is 0. The third kappa shape index (κ3) is 2.51. The molecule has 0 spiro atoms. The Bertz CT molecular complexity index is 552. The average Bonchev–Trinajstić information content (AvgIpc) is 3.03. The number of fused-ring (bicyclic) bond motifs is 1. The normalized spacial score (nSPS) is 18.7. The van der Waals surface area contributed by atoms with Crippen LogP contribution in [0.15, 0.2) is 0 Å². The number of hydrogen-bond acceptors (Lipinski definition) is 5. The molecule has 0 amide bonds. The third-order valence-electron chi connectivity index (χ3n) is 3.79. The maximum absolute atomic E-state index is 6.21. The third-order valence-corrected chi connectivity index (χ3v) is 4.82. The Morgan fingerprint density at radius 2 is 2.05 bits per heavy atom. The van der Waals surface area contributed by atoms with E-state index in [9.17, 15) is 0 Å². The highest BCUT2D eigenvalue weighted by atomic mass is 32.1. The highest BCUT2D eigenvalue weighted by Crippen LogP contribution is 2.34. The Kier molecular flexibility index (Phi) is 3.54. The first-order chi connectivity index (χ1) is 9.15. The molecule has 1 atom stereocenters. The van der Waals surface area contributed by atoms with Gasteiger partial charge in [0, 0.05) is 5.92 Å². The van der Waals surface area contributed by atoms with Crippen molar-refractivity contribution in [3.05, 3.63) is 10.8 Å². The van der Waals surface area contributed by atoms with Crippen LogP contribution < -0.4 is 5.73 Å². The van der Waals surface area contributed by atoms with Gasteiger partial charge in [-0.3, -0.25) is 0 Å². The molecule has 0 radical (unpaired) electrons. The van der Waals surface area contributed by atoms with Gasteiger partial charge in [0.1, 0.15) is 5.01 Å². The molecule has 1 aliphatic carbocycles. The molecule has 19 heavy (non-hydrogen) atoms. The Morgan fingerprint density at radius 3 is 2.74 bits per heavy atom. The molecular formula is C13H21N5S. The summed E-state index contributed by atoms with van der Waals surface area (Å²) in [5.41, 5.74) is 6.21. The van der Waals surface area contributed by atoms with Crippen molar-refractivity contribution in [2.75, 3.05) is 0 Å². The second-order valence-electron chi connectivity index (χ2n) is 5.91. The smallest absolute Gasteiger partial charge is 0.234 e. The monoisotopic (exact) mass is 279 g/mol. The van der Waals surface area contributed by atoms with Crippen molar-refractivity contribution in [1.29, 1.82) is 0 Å². The van der Waals surface area contributed by atoms with Gasteiger partial charge in [0.05, 0.1) is 6.04 Å². The van der Waals surface area contributed by atoms with E-state index in [0.29, 0.717) is 11.8 Å². The molecule has 0 bridgehead atoms. The number of nitrogens with two attached hydrogens (primary N) is 1. The minimum absolute atomic E-state index is 0.0168. The molecule has 1 saturated carbocycles. The first-order valence-electron chi connectivity index (χ1n) is 7.12. The van der Waals surface area contributed by atoms with E-state index in [1.54, 1.807) is 11.3 Å². The summed E-state index contributed by atoms with van der Waals surface area (Å²) in [5, 5.41) is 14.2. The van der Waals surface area contributed by atoms with Gasteiger partial charge in [-0.2, -0.15) is 9.61 Å². The number of rotatable bonds is 4. The summed E-state index contributed by atoms with van der Waals surface area (Å²) in [4.78, 5) is 0.885. The Balaban J connectivity index is 1.88. The molecule has 2 aromatic rings. The summed E-state index contributed by atoms with van der Waals surface area (Å²) in [6.45, 7) is 4.37. The van der Waals surface area contributed by atoms with Crippen molar-refractivity contribution in [3.63, 3.8) is 0 Å². The van der Waals surface area contributed by atoms with Gasteiger partial charge >= 0.3 is 0 Å². The number of aromatic nitrogens is 4. The Labute approximate surface area is 117 Å². The van der Waals surface area contributed by atoms with E-state index in [4.69, 9.17) is 5.73 Å². The van der Waals surface area contributed by atoms with E-state index in [1.165, 1.54) is 25.7 Å². The molecule has 0 aromatic carbocycles. The van der Waals surface area contributed by atoms with Crippen LogP contribution in [0.5, 0.6) is 0 Å². The van der Waals surface area contributed by atoms with Crippen molar-refractivity contribution < 1.29 is 0 Å². The van der Waals surface area contributed by atoms with E-state index in [-0.39, 0.29) is 6.04 Å². The van der Waals surface area contributed by atoms with Crippen LogP contribution in [0.3, 0.4) is 0 Å². The van der Waals surface area contributed by atoms with Crippen LogP contribution >= 0.6 is 11.3 Å². The van der Waals surface area contributed by atoms with Crippen LogP contribution in [0.1, 0.15) is 68.7 Å². The van der Waals surface area contributed by atoms with Gasteiger partial charge in [-0.15, -0.1) is 10.2 Å². The summed E-state index contributed by atoms with van der Waals surface area (Å²) in [6.07, 6.45) is 5.98. The molecule has 6 heteroatoms. The lowest BCUT2D eigenvalue weighted by Crippen LogP contribution is -2.13. The van der Waals surface area contributed by atoms with Crippen LogP contribution in [0.2, 0.25) is 0 Å². The molecule has 104 valence electrons. The largest absolute Gasteiger partial charge is 0.322 e. The van der Waals surface area contributed by atoms with Crippen LogP contribution in [-0.4, -0.2) is 19.8 Å². The van der Waals surface area contributed by atoms with Gasteiger partial charge in [0.2, 0.25) is 4.96 Å². The lowest BCUT2D eigenvalue weighted by molar-refractivity contribution is 0.503. The SMILES string of the molecule is CC(C)CC(N)c1nn2c(C3CCCC3)nnc2s1. The molecule has 1 aliphatic rings. The lowest BCUT2D eigenvalue weighted by Gasteiger charge is -2.10. The van der Waals surface area contributed by atoms with E-state index < -0.39 is 0 Å². The van der Waals surface area contributed by atoms with Crippen LogP contribution in [0.4, 0.5) is 0 Å².